The molecule has 1 saturated carbocycles. The van der Waals surface area contributed by atoms with Gasteiger partial charge in [0.05, 0.1) is 16.7 Å². The third-order valence-electron chi connectivity index (χ3n) is 2.83. The van der Waals surface area contributed by atoms with Crippen LogP contribution in [0, 0.1) is 11.7 Å². The lowest BCUT2D eigenvalue weighted by atomic mass is 10.2. The average molecular weight is 258 g/mol. The fraction of sp³-hybridized carbons (Fsp3) is 0.417. The van der Waals surface area contributed by atoms with Gasteiger partial charge < -0.3 is 10.4 Å². The molecule has 2 N–H and O–H groups in total. The number of hydrogen-bond donors (Lipinski definition) is 2. The summed E-state index contributed by atoms with van der Waals surface area (Å²) in [5.74, 6) is -0.977. The number of nitrogens with one attached hydrogen (secondary N) is 1. The summed E-state index contributed by atoms with van der Waals surface area (Å²) in [6.45, 7) is 0.133. The maximum atomic E-state index is 13.4. The second-order valence-corrected chi connectivity index (χ2v) is 4.62. The van der Waals surface area contributed by atoms with Gasteiger partial charge in [-0.3, -0.25) is 4.79 Å². The molecule has 92 valence electrons. The molecule has 2 rings (SSSR count). The zero-order valence-corrected chi connectivity index (χ0v) is 9.88. The smallest absolute Gasteiger partial charge is 0.255 e. The fourth-order valence-corrected chi connectivity index (χ4v) is 1.90. The van der Waals surface area contributed by atoms with E-state index in [1.165, 1.54) is 18.2 Å². The Morgan fingerprint density at radius 2 is 2.29 bits per heavy atom. The first kappa shape index (κ1) is 12.3. The van der Waals surface area contributed by atoms with Gasteiger partial charge in [-0.2, -0.15) is 0 Å². The number of aliphatic hydroxyl groups is 1. The highest BCUT2D eigenvalue weighted by atomic mass is 35.5. The van der Waals surface area contributed by atoms with Crippen LogP contribution in [0.15, 0.2) is 18.2 Å². The number of amides is 1. The molecule has 0 saturated heterocycles. The zero-order chi connectivity index (χ0) is 12.4. The maximum Gasteiger partial charge on any atom is 0.255 e. The van der Waals surface area contributed by atoms with Crippen LogP contribution >= 0.6 is 11.6 Å². The molecule has 1 amide bonds. The van der Waals surface area contributed by atoms with Crippen molar-refractivity contribution in [2.45, 2.75) is 18.9 Å². The van der Waals surface area contributed by atoms with Crippen molar-refractivity contribution in [2.24, 2.45) is 5.92 Å². The summed E-state index contributed by atoms with van der Waals surface area (Å²) in [7, 11) is 0. The predicted octanol–water partition coefficient (Wildman–Crippen LogP) is 1.98. The highest BCUT2D eigenvalue weighted by Gasteiger charge is 2.30. The standard InChI is InChI=1S/C12H13ClFNO2/c13-8-2-1-3-9(14)11(8)12(17)15-6-10(16)7-4-5-7/h1-3,7,10,16H,4-6H2,(H,15,17). The van der Waals surface area contributed by atoms with Gasteiger partial charge in [-0.15, -0.1) is 0 Å². The van der Waals surface area contributed by atoms with Crippen LogP contribution in [0.5, 0.6) is 0 Å². The maximum absolute atomic E-state index is 13.4. The van der Waals surface area contributed by atoms with Crippen molar-refractivity contribution in [3.8, 4) is 0 Å². The lowest BCUT2D eigenvalue weighted by Gasteiger charge is -2.11. The van der Waals surface area contributed by atoms with Crippen molar-refractivity contribution in [2.75, 3.05) is 6.54 Å². The molecular weight excluding hydrogens is 245 g/mol. The van der Waals surface area contributed by atoms with E-state index in [0.29, 0.717) is 0 Å². The average Bonchev–Trinajstić information content (AvgIpc) is 3.09. The Morgan fingerprint density at radius 1 is 1.59 bits per heavy atom. The molecule has 1 atom stereocenters. The first-order valence-electron chi connectivity index (χ1n) is 5.50. The number of carbonyl (C=O) groups excluding carboxylic acids is 1. The van der Waals surface area contributed by atoms with E-state index >= 15 is 0 Å². The second-order valence-electron chi connectivity index (χ2n) is 4.21. The number of rotatable bonds is 4. The molecule has 1 fully saturated rings. The third kappa shape index (κ3) is 2.96. The molecule has 0 aliphatic heterocycles. The van der Waals surface area contributed by atoms with E-state index in [1.807, 2.05) is 0 Å². The van der Waals surface area contributed by atoms with Crippen LogP contribution in [0.4, 0.5) is 4.39 Å². The summed E-state index contributed by atoms with van der Waals surface area (Å²) in [5.41, 5.74) is -0.169. The Balaban J connectivity index is 1.99. The van der Waals surface area contributed by atoms with Gasteiger partial charge in [0.1, 0.15) is 5.82 Å². The minimum atomic E-state index is -0.657. The van der Waals surface area contributed by atoms with Gasteiger partial charge in [-0.25, -0.2) is 4.39 Å². The van der Waals surface area contributed by atoms with Crippen LogP contribution in [0.2, 0.25) is 5.02 Å². The minimum absolute atomic E-state index is 0.0726. The molecule has 17 heavy (non-hydrogen) atoms. The van der Waals surface area contributed by atoms with Gasteiger partial charge in [-0.05, 0) is 30.9 Å². The number of aliphatic hydroxyl groups excluding tert-OH is 1. The van der Waals surface area contributed by atoms with Crippen LogP contribution in [-0.4, -0.2) is 23.7 Å². The Hall–Kier alpha value is -1.13. The number of halogens is 2. The Morgan fingerprint density at radius 3 is 2.88 bits per heavy atom. The van der Waals surface area contributed by atoms with E-state index in [0.717, 1.165) is 12.8 Å². The van der Waals surface area contributed by atoms with E-state index in [9.17, 15) is 14.3 Å². The normalized spacial score (nSPS) is 16.6. The first-order valence-corrected chi connectivity index (χ1v) is 5.87. The molecule has 1 aromatic carbocycles. The van der Waals surface area contributed by atoms with Crippen molar-refractivity contribution in [1.82, 2.24) is 5.32 Å². The summed E-state index contributed by atoms with van der Waals surface area (Å²) < 4.78 is 13.4. The second kappa shape index (κ2) is 5.02. The molecule has 0 heterocycles. The van der Waals surface area contributed by atoms with Gasteiger partial charge in [0, 0.05) is 6.54 Å². The summed E-state index contributed by atoms with van der Waals surface area (Å²) in [4.78, 5) is 11.7. The molecular formula is C12H13ClFNO2. The Kier molecular flexibility index (Phi) is 3.64. The molecule has 3 nitrogen and oxygen atoms in total. The SMILES string of the molecule is O=C(NCC(O)C1CC1)c1c(F)cccc1Cl. The summed E-state index contributed by atoms with van der Waals surface area (Å²) in [6.07, 6.45) is 1.42. The largest absolute Gasteiger partial charge is 0.391 e. The number of carbonyl (C=O) groups is 1. The van der Waals surface area contributed by atoms with Gasteiger partial charge in [-0.1, -0.05) is 17.7 Å². The summed E-state index contributed by atoms with van der Waals surface area (Å²) in [5, 5.41) is 12.1. The van der Waals surface area contributed by atoms with E-state index in [2.05, 4.69) is 5.32 Å². The summed E-state index contributed by atoms with van der Waals surface area (Å²) >= 11 is 5.75. The lowest BCUT2D eigenvalue weighted by Crippen LogP contribution is -2.33. The molecule has 1 aromatic rings. The molecule has 1 unspecified atom stereocenters. The van der Waals surface area contributed by atoms with Crippen LogP contribution < -0.4 is 5.32 Å². The Bertz CT molecular complexity index is 414. The van der Waals surface area contributed by atoms with Crippen LogP contribution in [0.25, 0.3) is 0 Å². The van der Waals surface area contributed by atoms with Gasteiger partial charge in [0.2, 0.25) is 0 Å². The molecule has 0 bridgehead atoms. The van der Waals surface area contributed by atoms with Crippen molar-refractivity contribution in [3.63, 3.8) is 0 Å². The van der Waals surface area contributed by atoms with Crippen molar-refractivity contribution in [3.05, 3.63) is 34.6 Å². The minimum Gasteiger partial charge on any atom is -0.391 e. The van der Waals surface area contributed by atoms with E-state index < -0.39 is 17.8 Å². The third-order valence-corrected chi connectivity index (χ3v) is 3.14. The molecule has 0 aromatic heterocycles. The van der Waals surface area contributed by atoms with Gasteiger partial charge >= 0.3 is 0 Å². The van der Waals surface area contributed by atoms with E-state index in [1.54, 1.807) is 0 Å². The predicted molar refractivity (Wildman–Crippen MR) is 62.5 cm³/mol. The first-order chi connectivity index (χ1) is 8.09. The molecule has 5 heteroatoms. The topological polar surface area (TPSA) is 49.3 Å². The van der Waals surface area contributed by atoms with Crippen molar-refractivity contribution >= 4 is 17.5 Å². The molecule has 0 spiro atoms. The van der Waals surface area contributed by atoms with Crippen LogP contribution in [0.1, 0.15) is 23.2 Å². The molecule has 1 aliphatic rings. The van der Waals surface area contributed by atoms with Crippen LogP contribution in [-0.2, 0) is 0 Å². The van der Waals surface area contributed by atoms with Crippen molar-refractivity contribution < 1.29 is 14.3 Å². The van der Waals surface area contributed by atoms with E-state index in [4.69, 9.17) is 11.6 Å². The van der Waals surface area contributed by atoms with E-state index in [-0.39, 0.29) is 23.0 Å². The fourth-order valence-electron chi connectivity index (χ4n) is 1.65. The zero-order valence-electron chi connectivity index (χ0n) is 9.12. The quantitative estimate of drug-likeness (QED) is 0.867. The highest BCUT2D eigenvalue weighted by Crippen LogP contribution is 2.32. The summed E-state index contributed by atoms with van der Waals surface area (Å²) in [6, 6.07) is 4.07. The van der Waals surface area contributed by atoms with Gasteiger partial charge in [0.15, 0.2) is 0 Å². The lowest BCUT2D eigenvalue weighted by molar-refractivity contribution is 0.0897. The molecule has 1 aliphatic carbocycles. The highest BCUT2D eigenvalue weighted by molar-refractivity contribution is 6.33. The number of benzene rings is 1. The van der Waals surface area contributed by atoms with Crippen LogP contribution in [0.3, 0.4) is 0 Å². The number of hydrogen-bond acceptors (Lipinski definition) is 2. The molecule has 0 radical (unpaired) electrons. The Labute approximate surface area is 104 Å². The van der Waals surface area contributed by atoms with Crippen molar-refractivity contribution in [1.29, 1.82) is 0 Å². The monoisotopic (exact) mass is 257 g/mol. The van der Waals surface area contributed by atoms with Gasteiger partial charge in [0.25, 0.3) is 5.91 Å².